The van der Waals surface area contributed by atoms with E-state index in [-0.39, 0.29) is 24.0 Å². The van der Waals surface area contributed by atoms with Crippen LogP contribution in [0, 0.1) is 6.92 Å². The number of aromatic nitrogens is 2. The van der Waals surface area contributed by atoms with Crippen LogP contribution in [0.4, 0.5) is 5.13 Å². The maximum Gasteiger partial charge on any atom is 0.257 e. The highest BCUT2D eigenvalue weighted by molar-refractivity contribution is 7.15. The quantitative estimate of drug-likeness (QED) is 0.394. The molecule has 0 spiro atoms. The van der Waals surface area contributed by atoms with Gasteiger partial charge in [-0.1, -0.05) is 29.0 Å². The molecule has 3 aromatic rings. The van der Waals surface area contributed by atoms with E-state index in [0.717, 1.165) is 16.9 Å². The van der Waals surface area contributed by atoms with Crippen molar-refractivity contribution in [1.29, 1.82) is 0 Å². The lowest BCUT2D eigenvalue weighted by atomic mass is 10.1. The molecule has 0 unspecified atom stereocenters. The Morgan fingerprint density at radius 3 is 2.83 bits per heavy atom. The van der Waals surface area contributed by atoms with Gasteiger partial charge in [0.1, 0.15) is 5.01 Å². The molecule has 0 radical (unpaired) electrons. The molecule has 3 N–H and O–H groups in total. The minimum Gasteiger partial charge on any atom is -0.504 e. The maximum atomic E-state index is 12.2. The van der Waals surface area contributed by atoms with Crippen molar-refractivity contribution >= 4 is 34.5 Å². The normalized spacial score (nSPS) is 10.7. The van der Waals surface area contributed by atoms with E-state index in [4.69, 9.17) is 4.74 Å². The molecule has 1 aromatic heterocycles. The first-order valence-electron chi connectivity index (χ1n) is 8.84. The highest BCUT2D eigenvalue weighted by Crippen LogP contribution is 2.25. The van der Waals surface area contributed by atoms with Crippen LogP contribution in [0.2, 0.25) is 0 Å². The van der Waals surface area contributed by atoms with Crippen LogP contribution in [0.15, 0.2) is 47.6 Å². The second kappa shape index (κ2) is 9.61. The number of methoxy groups -OCH3 is 1. The zero-order valence-corrected chi connectivity index (χ0v) is 17.1. The van der Waals surface area contributed by atoms with E-state index in [1.54, 1.807) is 30.3 Å². The van der Waals surface area contributed by atoms with E-state index < -0.39 is 0 Å². The topological polar surface area (TPSA) is 126 Å². The molecule has 2 aromatic carbocycles. The van der Waals surface area contributed by atoms with E-state index in [2.05, 4.69) is 26.0 Å². The number of amides is 2. The average Bonchev–Trinajstić information content (AvgIpc) is 3.15. The maximum absolute atomic E-state index is 12.2. The standard InChI is InChI=1S/C20H19N5O4S/c1-12-4-3-5-14(8-12)19(28)22-20-25-24-18(30-20)10-17(27)23-21-11-13-6-7-15(26)16(9-13)29-2/h3-9,11,26H,10H2,1-2H3,(H,23,27)(H,22,25,28). The molecule has 0 aliphatic heterocycles. The summed E-state index contributed by atoms with van der Waals surface area (Å²) in [6.45, 7) is 1.90. The molecule has 9 nitrogen and oxygen atoms in total. The van der Waals surface area contributed by atoms with Crippen molar-refractivity contribution in [3.05, 3.63) is 64.2 Å². The number of aromatic hydroxyl groups is 1. The van der Waals surface area contributed by atoms with Crippen LogP contribution < -0.4 is 15.5 Å². The first-order chi connectivity index (χ1) is 14.4. The van der Waals surface area contributed by atoms with E-state index in [9.17, 15) is 14.7 Å². The van der Waals surface area contributed by atoms with Crippen LogP contribution in [0.25, 0.3) is 0 Å². The Kier molecular flexibility index (Phi) is 6.71. The van der Waals surface area contributed by atoms with Gasteiger partial charge < -0.3 is 9.84 Å². The Hall–Kier alpha value is -3.79. The van der Waals surface area contributed by atoms with Gasteiger partial charge in [0.2, 0.25) is 11.0 Å². The number of phenolic OH excluding ortho intramolecular Hbond substituents is 1. The summed E-state index contributed by atoms with van der Waals surface area (Å²) in [5.41, 5.74) is 4.53. The van der Waals surface area contributed by atoms with Gasteiger partial charge in [-0.25, -0.2) is 5.43 Å². The highest BCUT2D eigenvalue weighted by atomic mass is 32.1. The fourth-order valence-electron chi connectivity index (χ4n) is 2.46. The third-order valence-corrected chi connectivity index (χ3v) is 4.72. The number of ether oxygens (including phenoxy) is 1. The van der Waals surface area contributed by atoms with Crippen molar-refractivity contribution in [2.24, 2.45) is 5.10 Å². The summed E-state index contributed by atoms with van der Waals surface area (Å²) in [5.74, 6) is -0.357. The number of benzene rings is 2. The Morgan fingerprint density at radius 2 is 2.07 bits per heavy atom. The Morgan fingerprint density at radius 1 is 1.23 bits per heavy atom. The predicted molar refractivity (Wildman–Crippen MR) is 113 cm³/mol. The molecule has 30 heavy (non-hydrogen) atoms. The van der Waals surface area contributed by atoms with Gasteiger partial charge in [0.05, 0.1) is 19.7 Å². The number of carbonyl (C=O) groups excluding carboxylic acids is 2. The minimum atomic E-state index is -0.385. The van der Waals surface area contributed by atoms with Crippen molar-refractivity contribution < 1.29 is 19.4 Å². The van der Waals surface area contributed by atoms with Gasteiger partial charge in [-0.2, -0.15) is 5.10 Å². The molecule has 0 saturated heterocycles. The number of nitrogens with one attached hydrogen (secondary N) is 2. The van der Waals surface area contributed by atoms with E-state index in [1.165, 1.54) is 19.4 Å². The van der Waals surface area contributed by atoms with Crippen molar-refractivity contribution in [1.82, 2.24) is 15.6 Å². The summed E-state index contributed by atoms with van der Waals surface area (Å²) in [6.07, 6.45) is 1.39. The lowest BCUT2D eigenvalue weighted by Gasteiger charge is -2.03. The van der Waals surface area contributed by atoms with Gasteiger partial charge in [0.15, 0.2) is 11.5 Å². The molecule has 1 heterocycles. The van der Waals surface area contributed by atoms with Crippen LogP contribution >= 0.6 is 11.3 Å². The number of hydrogen-bond acceptors (Lipinski definition) is 8. The second-order valence-corrected chi connectivity index (χ2v) is 7.29. The number of anilines is 1. The smallest absolute Gasteiger partial charge is 0.257 e. The third-order valence-electron chi connectivity index (χ3n) is 3.89. The van der Waals surface area contributed by atoms with Crippen LogP contribution in [0.1, 0.15) is 26.5 Å². The molecule has 0 aliphatic rings. The molecule has 0 bridgehead atoms. The fraction of sp³-hybridized carbons (Fsp3) is 0.150. The van der Waals surface area contributed by atoms with Crippen LogP contribution in [0.5, 0.6) is 11.5 Å². The van der Waals surface area contributed by atoms with Gasteiger partial charge in [-0.3, -0.25) is 14.9 Å². The van der Waals surface area contributed by atoms with Crippen molar-refractivity contribution in [2.75, 3.05) is 12.4 Å². The number of aryl methyl sites for hydroxylation is 1. The van der Waals surface area contributed by atoms with Gasteiger partial charge in [0.25, 0.3) is 5.91 Å². The molecule has 10 heteroatoms. The molecule has 0 fully saturated rings. The van der Waals surface area contributed by atoms with Crippen LogP contribution in [-0.4, -0.2) is 40.4 Å². The summed E-state index contributed by atoms with van der Waals surface area (Å²) in [6, 6.07) is 11.9. The van der Waals surface area contributed by atoms with Crippen molar-refractivity contribution in [2.45, 2.75) is 13.3 Å². The monoisotopic (exact) mass is 425 g/mol. The number of carbonyl (C=O) groups is 2. The molecule has 0 saturated carbocycles. The number of rotatable bonds is 7. The summed E-state index contributed by atoms with van der Waals surface area (Å²) < 4.78 is 5.01. The number of nitrogens with zero attached hydrogens (tertiary/aromatic N) is 3. The molecular weight excluding hydrogens is 406 g/mol. The zero-order chi connectivity index (χ0) is 21.5. The number of phenols is 1. The van der Waals surface area contributed by atoms with Crippen molar-refractivity contribution in [3.63, 3.8) is 0 Å². The molecule has 2 amide bonds. The number of hydrogen-bond donors (Lipinski definition) is 3. The number of hydrazone groups is 1. The first-order valence-corrected chi connectivity index (χ1v) is 9.65. The summed E-state index contributed by atoms with van der Waals surface area (Å²) in [4.78, 5) is 24.3. The van der Waals surface area contributed by atoms with Crippen LogP contribution in [-0.2, 0) is 11.2 Å². The Bertz CT molecular complexity index is 1100. The van der Waals surface area contributed by atoms with Crippen LogP contribution in [0.3, 0.4) is 0 Å². The summed E-state index contributed by atoms with van der Waals surface area (Å²) in [5, 5.41) is 24.7. The molecule has 0 atom stereocenters. The third kappa shape index (κ3) is 5.61. The van der Waals surface area contributed by atoms with E-state index in [0.29, 0.717) is 27.0 Å². The Balaban J connectivity index is 1.53. The summed E-state index contributed by atoms with van der Waals surface area (Å²) >= 11 is 1.11. The fourth-order valence-corrected chi connectivity index (χ4v) is 3.19. The second-order valence-electron chi connectivity index (χ2n) is 6.23. The minimum absolute atomic E-state index is 0.0141. The molecule has 154 valence electrons. The average molecular weight is 425 g/mol. The van der Waals surface area contributed by atoms with Gasteiger partial charge in [-0.05, 0) is 42.8 Å². The molecular formula is C20H19N5O4S. The van der Waals surface area contributed by atoms with Crippen molar-refractivity contribution in [3.8, 4) is 11.5 Å². The lowest BCUT2D eigenvalue weighted by molar-refractivity contribution is -0.120. The van der Waals surface area contributed by atoms with Gasteiger partial charge in [-0.15, -0.1) is 10.2 Å². The highest BCUT2D eigenvalue weighted by Gasteiger charge is 2.12. The Labute approximate surface area is 176 Å². The predicted octanol–water partition coefficient (Wildman–Crippen LogP) is 2.51. The van der Waals surface area contributed by atoms with Gasteiger partial charge >= 0.3 is 0 Å². The molecule has 3 rings (SSSR count). The zero-order valence-electron chi connectivity index (χ0n) is 16.2. The van der Waals surface area contributed by atoms with Gasteiger partial charge in [0, 0.05) is 5.56 Å². The first kappa shape index (κ1) is 20.9. The summed E-state index contributed by atoms with van der Waals surface area (Å²) in [7, 11) is 1.44. The largest absolute Gasteiger partial charge is 0.504 e. The SMILES string of the molecule is COc1cc(C=NNC(=O)Cc2nnc(NC(=O)c3cccc(C)c3)s2)ccc1O. The lowest BCUT2D eigenvalue weighted by Crippen LogP contribution is -2.19. The van der Waals surface area contributed by atoms with E-state index in [1.807, 2.05) is 13.0 Å². The molecule has 0 aliphatic carbocycles. The van der Waals surface area contributed by atoms with E-state index >= 15 is 0 Å².